The average molecular weight is 274 g/mol. The number of aromatic nitrogens is 3. The summed E-state index contributed by atoms with van der Waals surface area (Å²) in [5.74, 6) is -0.726. The minimum Gasteiger partial charge on any atom is -0.480 e. The van der Waals surface area contributed by atoms with Crippen LogP contribution in [-0.4, -0.2) is 38.2 Å². The zero-order valence-corrected chi connectivity index (χ0v) is 11.0. The van der Waals surface area contributed by atoms with Gasteiger partial charge in [-0.05, 0) is 25.0 Å². The van der Waals surface area contributed by atoms with Crippen molar-refractivity contribution < 1.29 is 9.90 Å². The third-order valence-corrected chi connectivity index (χ3v) is 3.62. The van der Waals surface area contributed by atoms with E-state index in [2.05, 4.69) is 9.97 Å². The summed E-state index contributed by atoms with van der Waals surface area (Å²) in [6.07, 6.45) is 2.87. The van der Waals surface area contributed by atoms with E-state index in [-0.39, 0.29) is 11.4 Å². The van der Waals surface area contributed by atoms with E-state index in [1.54, 1.807) is 30.3 Å². The minimum absolute atomic E-state index is 0.193. The second-order valence-electron chi connectivity index (χ2n) is 4.84. The van der Waals surface area contributed by atoms with Crippen molar-refractivity contribution in [2.45, 2.75) is 18.9 Å². The van der Waals surface area contributed by atoms with Gasteiger partial charge in [0.05, 0.1) is 0 Å². The number of rotatable bonds is 2. The van der Waals surface area contributed by atoms with Crippen LogP contribution < -0.4 is 10.5 Å². The van der Waals surface area contributed by atoms with E-state index >= 15 is 0 Å². The molecule has 1 aliphatic rings. The molecule has 0 aliphatic carbocycles. The molecule has 1 aliphatic heterocycles. The van der Waals surface area contributed by atoms with Crippen LogP contribution in [0.4, 0.5) is 5.82 Å². The average Bonchev–Trinajstić information content (AvgIpc) is 2.92. The van der Waals surface area contributed by atoms with E-state index in [0.717, 1.165) is 6.42 Å². The predicted octanol–water partition coefficient (Wildman–Crippen LogP) is 0.382. The van der Waals surface area contributed by atoms with Gasteiger partial charge in [0.25, 0.3) is 5.56 Å². The van der Waals surface area contributed by atoms with Gasteiger partial charge in [0.15, 0.2) is 11.5 Å². The van der Waals surface area contributed by atoms with E-state index in [1.807, 2.05) is 0 Å². The lowest BCUT2D eigenvalue weighted by Gasteiger charge is -2.22. The summed E-state index contributed by atoms with van der Waals surface area (Å²) < 4.78 is 1.41. The smallest absolute Gasteiger partial charge is 0.326 e. The molecule has 7 nitrogen and oxygen atoms in total. The summed E-state index contributed by atoms with van der Waals surface area (Å²) in [4.78, 5) is 33.6. The standard InChI is InChI=1S/C13H14N4O3/c1-16-10-8(4-2-6-14-10)15-11(12(16)18)17-7-3-5-9(17)13(19)20/h2,4,6,9H,3,5,7H2,1H3,(H,19,20)/t9-/m0/s1. The molecule has 1 N–H and O–H groups in total. The molecule has 0 bridgehead atoms. The van der Waals surface area contributed by atoms with Gasteiger partial charge in [-0.25, -0.2) is 14.8 Å². The fraction of sp³-hybridized carbons (Fsp3) is 0.385. The quantitative estimate of drug-likeness (QED) is 0.851. The Morgan fingerprint density at radius 1 is 1.50 bits per heavy atom. The van der Waals surface area contributed by atoms with E-state index in [1.165, 1.54) is 4.57 Å². The molecule has 104 valence electrons. The van der Waals surface area contributed by atoms with Gasteiger partial charge in [0.2, 0.25) is 0 Å². The van der Waals surface area contributed by atoms with Crippen molar-refractivity contribution in [2.75, 3.05) is 11.4 Å². The summed E-state index contributed by atoms with van der Waals surface area (Å²) >= 11 is 0. The first-order valence-electron chi connectivity index (χ1n) is 6.41. The fourth-order valence-corrected chi connectivity index (χ4v) is 2.61. The Morgan fingerprint density at radius 3 is 3.05 bits per heavy atom. The molecule has 0 unspecified atom stereocenters. The number of anilines is 1. The molecule has 7 heteroatoms. The zero-order chi connectivity index (χ0) is 14.3. The summed E-state index contributed by atoms with van der Waals surface area (Å²) in [7, 11) is 1.62. The molecule has 3 heterocycles. The number of carboxylic acid groups (broad SMARTS) is 1. The predicted molar refractivity (Wildman–Crippen MR) is 72.8 cm³/mol. The van der Waals surface area contributed by atoms with Gasteiger partial charge in [-0.15, -0.1) is 0 Å². The topological polar surface area (TPSA) is 88.3 Å². The SMILES string of the molecule is Cn1c(=O)c(N2CCC[C@H]2C(=O)O)nc2cccnc21. The third kappa shape index (κ3) is 1.82. The lowest BCUT2D eigenvalue weighted by atomic mass is 10.2. The number of carbonyl (C=O) groups is 1. The number of hydrogen-bond donors (Lipinski definition) is 1. The zero-order valence-electron chi connectivity index (χ0n) is 11.0. The summed E-state index contributed by atoms with van der Waals surface area (Å²) in [5, 5.41) is 9.23. The molecule has 3 rings (SSSR count). The Kier molecular flexibility index (Phi) is 2.89. The van der Waals surface area contributed by atoms with E-state index in [9.17, 15) is 14.7 Å². The minimum atomic E-state index is -0.919. The molecule has 2 aromatic heterocycles. The lowest BCUT2D eigenvalue weighted by Crippen LogP contribution is -2.40. The number of carboxylic acids is 1. The largest absolute Gasteiger partial charge is 0.480 e. The van der Waals surface area contributed by atoms with Crippen LogP contribution in [-0.2, 0) is 11.8 Å². The highest BCUT2D eigenvalue weighted by Crippen LogP contribution is 2.22. The highest BCUT2D eigenvalue weighted by molar-refractivity contribution is 5.79. The van der Waals surface area contributed by atoms with Crippen molar-refractivity contribution in [3.05, 3.63) is 28.7 Å². The van der Waals surface area contributed by atoms with Crippen LogP contribution in [0.3, 0.4) is 0 Å². The van der Waals surface area contributed by atoms with Crippen LogP contribution in [0, 0.1) is 0 Å². The molecule has 0 aromatic carbocycles. The fourth-order valence-electron chi connectivity index (χ4n) is 2.61. The Morgan fingerprint density at radius 2 is 2.30 bits per heavy atom. The van der Waals surface area contributed by atoms with Crippen molar-refractivity contribution in [1.29, 1.82) is 0 Å². The van der Waals surface area contributed by atoms with Crippen LogP contribution in [0.1, 0.15) is 12.8 Å². The highest BCUT2D eigenvalue weighted by Gasteiger charge is 2.33. The number of fused-ring (bicyclic) bond motifs is 1. The van der Waals surface area contributed by atoms with Gasteiger partial charge in [-0.1, -0.05) is 0 Å². The summed E-state index contributed by atoms with van der Waals surface area (Å²) in [6, 6.07) is 2.82. The Labute approximate surface area is 114 Å². The number of pyridine rings is 1. The first-order chi connectivity index (χ1) is 9.59. The van der Waals surface area contributed by atoms with Crippen LogP contribution in [0.2, 0.25) is 0 Å². The first kappa shape index (κ1) is 12.6. The maximum Gasteiger partial charge on any atom is 0.326 e. The summed E-state index contributed by atoms with van der Waals surface area (Å²) in [6.45, 7) is 0.533. The van der Waals surface area contributed by atoms with Crippen LogP contribution in [0.25, 0.3) is 11.2 Å². The van der Waals surface area contributed by atoms with E-state index < -0.39 is 12.0 Å². The molecule has 1 saturated heterocycles. The molecule has 1 fully saturated rings. The second kappa shape index (κ2) is 4.59. The van der Waals surface area contributed by atoms with Crippen molar-refractivity contribution >= 4 is 23.0 Å². The van der Waals surface area contributed by atoms with Gasteiger partial charge in [0.1, 0.15) is 11.6 Å². The Bertz CT molecular complexity index is 740. The number of nitrogens with zero attached hydrogens (tertiary/aromatic N) is 4. The van der Waals surface area contributed by atoms with Crippen molar-refractivity contribution in [2.24, 2.45) is 7.05 Å². The van der Waals surface area contributed by atoms with E-state index in [4.69, 9.17) is 0 Å². The molecule has 1 atom stereocenters. The van der Waals surface area contributed by atoms with Crippen LogP contribution in [0.5, 0.6) is 0 Å². The summed E-state index contributed by atoms with van der Waals surface area (Å²) in [5.41, 5.74) is 0.761. The maximum absolute atomic E-state index is 12.4. The monoisotopic (exact) mass is 274 g/mol. The maximum atomic E-state index is 12.4. The number of aliphatic carboxylic acids is 1. The van der Waals surface area contributed by atoms with Gasteiger partial charge in [-0.3, -0.25) is 9.36 Å². The van der Waals surface area contributed by atoms with Crippen LogP contribution in [0.15, 0.2) is 23.1 Å². The third-order valence-electron chi connectivity index (χ3n) is 3.62. The van der Waals surface area contributed by atoms with Crippen LogP contribution >= 0.6 is 0 Å². The molecule has 20 heavy (non-hydrogen) atoms. The molecule has 2 aromatic rings. The van der Waals surface area contributed by atoms with Crippen molar-refractivity contribution in [3.63, 3.8) is 0 Å². The van der Waals surface area contributed by atoms with Gasteiger partial charge in [0, 0.05) is 19.8 Å². The Hall–Kier alpha value is -2.44. The van der Waals surface area contributed by atoms with E-state index in [0.29, 0.717) is 24.1 Å². The second-order valence-corrected chi connectivity index (χ2v) is 4.84. The molecule has 0 spiro atoms. The van der Waals surface area contributed by atoms with Crippen molar-refractivity contribution in [1.82, 2.24) is 14.5 Å². The number of hydrogen-bond acceptors (Lipinski definition) is 5. The molecular formula is C13H14N4O3. The van der Waals surface area contributed by atoms with Gasteiger partial charge < -0.3 is 10.0 Å². The van der Waals surface area contributed by atoms with Gasteiger partial charge in [-0.2, -0.15) is 0 Å². The lowest BCUT2D eigenvalue weighted by molar-refractivity contribution is -0.138. The molecule has 0 radical (unpaired) electrons. The number of aryl methyl sites for hydroxylation is 1. The highest BCUT2D eigenvalue weighted by atomic mass is 16.4. The van der Waals surface area contributed by atoms with Crippen molar-refractivity contribution in [3.8, 4) is 0 Å². The normalized spacial score (nSPS) is 18.6. The Balaban J connectivity index is 2.19. The molecular weight excluding hydrogens is 260 g/mol. The van der Waals surface area contributed by atoms with Gasteiger partial charge >= 0.3 is 5.97 Å². The first-order valence-corrected chi connectivity index (χ1v) is 6.41. The molecule has 0 saturated carbocycles. The molecule has 0 amide bonds.